The molecule has 2 aromatic rings. The highest BCUT2D eigenvalue weighted by Crippen LogP contribution is 2.36. The number of nitrogens with zero attached hydrogens (tertiary/aromatic N) is 2. The Labute approximate surface area is 143 Å². The summed E-state index contributed by atoms with van der Waals surface area (Å²) in [5.74, 6) is -1.60. The molecule has 2 aromatic heterocycles. The molecule has 1 N–H and O–H groups in total. The average molecular weight is 382 g/mol. The first-order chi connectivity index (χ1) is 11.1. The smallest absolute Gasteiger partial charge is 0.436 e. The van der Waals surface area contributed by atoms with Crippen molar-refractivity contribution in [3.63, 3.8) is 0 Å². The van der Waals surface area contributed by atoms with Crippen LogP contribution < -0.4 is 5.32 Å². The van der Waals surface area contributed by atoms with Crippen molar-refractivity contribution in [3.05, 3.63) is 32.9 Å². The summed E-state index contributed by atoms with van der Waals surface area (Å²) < 4.78 is 43.7. The number of halogens is 4. The van der Waals surface area contributed by atoms with Crippen LogP contribution >= 0.6 is 22.9 Å². The highest BCUT2D eigenvalue weighted by molar-refractivity contribution is 7.16. The summed E-state index contributed by atoms with van der Waals surface area (Å²) in [6, 6.07) is 1.50. The van der Waals surface area contributed by atoms with Gasteiger partial charge in [-0.25, -0.2) is 4.79 Å². The van der Waals surface area contributed by atoms with Gasteiger partial charge < -0.3 is 10.1 Å². The highest BCUT2D eigenvalue weighted by Gasteiger charge is 2.39. The van der Waals surface area contributed by atoms with E-state index in [1.807, 2.05) is 0 Å². The molecule has 24 heavy (non-hydrogen) atoms. The van der Waals surface area contributed by atoms with Crippen molar-refractivity contribution in [2.24, 2.45) is 7.05 Å². The van der Waals surface area contributed by atoms with Gasteiger partial charge in [0.25, 0.3) is 5.91 Å². The number of aromatic nitrogens is 2. The Kier molecular flexibility index (Phi) is 4.90. The van der Waals surface area contributed by atoms with Gasteiger partial charge in [0.2, 0.25) is 0 Å². The Morgan fingerprint density at radius 3 is 2.54 bits per heavy atom. The van der Waals surface area contributed by atoms with Gasteiger partial charge in [-0.3, -0.25) is 9.48 Å². The summed E-state index contributed by atoms with van der Waals surface area (Å²) in [6.45, 7) is 1.70. The van der Waals surface area contributed by atoms with Crippen LogP contribution in [0.2, 0.25) is 5.02 Å². The molecule has 0 aliphatic carbocycles. The Hall–Kier alpha value is -2.07. The summed E-state index contributed by atoms with van der Waals surface area (Å²) in [7, 11) is 2.34. The van der Waals surface area contributed by atoms with E-state index in [2.05, 4.69) is 15.2 Å². The number of esters is 1. The molecule has 2 heterocycles. The second-order valence-corrected chi connectivity index (χ2v) is 6.31. The molecule has 0 atom stereocenters. The standard InChI is InChI=1S/C13H11ClF3N3O3S/c1-5-4-6(12(22)23-3)11(24-5)18-10(21)8-7(14)9(13(15,16)17)19-20(8)2/h4H,1-3H3,(H,18,21). The van der Waals surface area contributed by atoms with Gasteiger partial charge in [-0.05, 0) is 13.0 Å². The summed E-state index contributed by atoms with van der Waals surface area (Å²) in [6.07, 6.45) is -4.79. The average Bonchev–Trinajstić information content (AvgIpc) is 2.97. The summed E-state index contributed by atoms with van der Waals surface area (Å²) in [5.41, 5.74) is -1.72. The lowest BCUT2D eigenvalue weighted by Gasteiger charge is -2.06. The largest absolute Gasteiger partial charge is 0.465 e. The second-order valence-electron chi connectivity index (χ2n) is 4.68. The van der Waals surface area contributed by atoms with Crippen molar-refractivity contribution in [3.8, 4) is 0 Å². The lowest BCUT2D eigenvalue weighted by atomic mass is 10.3. The van der Waals surface area contributed by atoms with Crippen LogP contribution in [-0.4, -0.2) is 28.8 Å². The predicted octanol–water partition coefficient (Wildman–Crippen LogP) is 3.50. The first-order valence-electron chi connectivity index (χ1n) is 6.36. The number of thiophene rings is 1. The van der Waals surface area contributed by atoms with Crippen LogP contribution in [0.1, 0.15) is 31.4 Å². The van der Waals surface area contributed by atoms with Gasteiger partial charge in [0, 0.05) is 11.9 Å². The van der Waals surface area contributed by atoms with Crippen LogP contribution in [0, 0.1) is 6.92 Å². The molecule has 130 valence electrons. The van der Waals surface area contributed by atoms with Crippen LogP contribution in [-0.2, 0) is 18.0 Å². The first kappa shape index (κ1) is 18.3. The maximum atomic E-state index is 12.8. The van der Waals surface area contributed by atoms with Crippen LogP contribution in [0.25, 0.3) is 0 Å². The molecule has 0 unspecified atom stereocenters. The van der Waals surface area contributed by atoms with E-state index in [4.69, 9.17) is 11.6 Å². The minimum Gasteiger partial charge on any atom is -0.465 e. The normalized spacial score (nSPS) is 11.5. The number of aryl methyl sites for hydroxylation is 2. The number of methoxy groups -OCH3 is 1. The number of carbonyl (C=O) groups is 2. The summed E-state index contributed by atoms with van der Waals surface area (Å²) in [5, 5.41) is 4.95. The molecular formula is C13H11ClF3N3O3S. The molecule has 0 aliphatic rings. The summed E-state index contributed by atoms with van der Waals surface area (Å²) >= 11 is 6.74. The maximum absolute atomic E-state index is 12.8. The van der Waals surface area contributed by atoms with Gasteiger partial charge >= 0.3 is 12.1 Å². The maximum Gasteiger partial charge on any atom is 0.436 e. The van der Waals surface area contributed by atoms with Crippen molar-refractivity contribution in [2.45, 2.75) is 13.1 Å². The molecule has 11 heteroatoms. The molecule has 0 saturated heterocycles. The topological polar surface area (TPSA) is 73.2 Å². The van der Waals surface area contributed by atoms with Gasteiger partial charge in [-0.2, -0.15) is 18.3 Å². The van der Waals surface area contributed by atoms with Crippen molar-refractivity contribution < 1.29 is 27.5 Å². The fraction of sp³-hybridized carbons (Fsp3) is 0.308. The lowest BCUT2D eigenvalue weighted by molar-refractivity contribution is -0.141. The number of ether oxygens (including phenoxy) is 1. The van der Waals surface area contributed by atoms with E-state index in [-0.39, 0.29) is 10.6 Å². The third-order valence-electron chi connectivity index (χ3n) is 2.96. The number of amides is 1. The van der Waals surface area contributed by atoms with Crippen LogP contribution in [0.3, 0.4) is 0 Å². The van der Waals surface area contributed by atoms with Gasteiger partial charge in [-0.1, -0.05) is 11.6 Å². The quantitative estimate of drug-likeness (QED) is 0.826. The number of nitrogens with one attached hydrogen (secondary N) is 1. The molecule has 0 aromatic carbocycles. The van der Waals surface area contributed by atoms with Crippen LogP contribution in [0.5, 0.6) is 0 Å². The van der Waals surface area contributed by atoms with E-state index >= 15 is 0 Å². The highest BCUT2D eigenvalue weighted by atomic mass is 35.5. The van der Waals surface area contributed by atoms with Crippen LogP contribution in [0.15, 0.2) is 6.07 Å². The van der Waals surface area contributed by atoms with Crippen molar-refractivity contribution in [1.82, 2.24) is 9.78 Å². The van der Waals surface area contributed by atoms with E-state index in [0.29, 0.717) is 4.88 Å². The van der Waals surface area contributed by atoms with Gasteiger partial charge in [-0.15, -0.1) is 11.3 Å². The van der Waals surface area contributed by atoms with E-state index in [1.165, 1.54) is 13.2 Å². The molecule has 0 spiro atoms. The van der Waals surface area contributed by atoms with Gasteiger partial charge in [0.15, 0.2) is 5.69 Å². The molecule has 0 saturated carbocycles. The molecule has 6 nitrogen and oxygen atoms in total. The van der Waals surface area contributed by atoms with E-state index in [0.717, 1.165) is 23.1 Å². The lowest BCUT2D eigenvalue weighted by Crippen LogP contribution is -2.17. The van der Waals surface area contributed by atoms with E-state index < -0.39 is 34.5 Å². The molecule has 0 bridgehead atoms. The number of hydrogen-bond acceptors (Lipinski definition) is 5. The Morgan fingerprint density at radius 2 is 2.04 bits per heavy atom. The number of hydrogen-bond donors (Lipinski definition) is 1. The number of rotatable bonds is 3. The Balaban J connectivity index is 2.39. The Morgan fingerprint density at radius 1 is 1.42 bits per heavy atom. The van der Waals surface area contributed by atoms with Crippen molar-refractivity contribution >= 4 is 39.8 Å². The van der Waals surface area contributed by atoms with Gasteiger partial charge in [0.05, 0.1) is 12.7 Å². The van der Waals surface area contributed by atoms with Crippen LogP contribution in [0.4, 0.5) is 18.2 Å². The SMILES string of the molecule is COC(=O)c1cc(C)sc1NC(=O)c1c(Cl)c(C(F)(F)F)nn1C. The molecule has 2 rings (SSSR count). The third kappa shape index (κ3) is 3.39. The fourth-order valence-corrected chi connectivity index (χ4v) is 3.20. The first-order valence-corrected chi connectivity index (χ1v) is 7.55. The van der Waals surface area contributed by atoms with Crippen molar-refractivity contribution in [2.75, 3.05) is 12.4 Å². The number of alkyl halides is 3. The molecule has 0 fully saturated rings. The Bertz CT molecular complexity index is 813. The summed E-state index contributed by atoms with van der Waals surface area (Å²) in [4.78, 5) is 24.7. The zero-order valence-electron chi connectivity index (χ0n) is 12.6. The molecule has 0 radical (unpaired) electrons. The van der Waals surface area contributed by atoms with E-state index in [1.54, 1.807) is 6.92 Å². The minimum absolute atomic E-state index is 0.0997. The predicted molar refractivity (Wildman–Crippen MR) is 81.6 cm³/mol. The monoisotopic (exact) mass is 381 g/mol. The third-order valence-corrected chi connectivity index (χ3v) is 4.28. The zero-order chi connectivity index (χ0) is 18.2. The van der Waals surface area contributed by atoms with Crippen molar-refractivity contribution in [1.29, 1.82) is 0 Å². The van der Waals surface area contributed by atoms with Gasteiger partial charge in [0.1, 0.15) is 15.7 Å². The zero-order valence-corrected chi connectivity index (χ0v) is 14.2. The second kappa shape index (κ2) is 6.44. The number of anilines is 1. The fourth-order valence-electron chi connectivity index (χ4n) is 1.96. The molecule has 0 aliphatic heterocycles. The van der Waals surface area contributed by atoms with E-state index in [9.17, 15) is 22.8 Å². The number of carbonyl (C=O) groups excluding carboxylic acids is 2. The minimum atomic E-state index is -4.79. The molecule has 1 amide bonds. The molecular weight excluding hydrogens is 371 g/mol.